The predicted octanol–water partition coefficient (Wildman–Crippen LogP) is 2.84. The highest BCUT2D eigenvalue weighted by Crippen LogP contribution is 2.38. The summed E-state index contributed by atoms with van der Waals surface area (Å²) in [5.74, 6) is 0.974. The number of hydrogen-bond donors (Lipinski definition) is 1. The zero-order valence-corrected chi connectivity index (χ0v) is 14.3. The van der Waals surface area contributed by atoms with Gasteiger partial charge in [-0.1, -0.05) is 0 Å². The minimum atomic E-state index is -0.514. The maximum absolute atomic E-state index is 11.3. The number of nitrogens with zero attached hydrogens (tertiary/aromatic N) is 4. The smallest absolute Gasteiger partial charge is 0.315 e. The molecule has 24 heavy (non-hydrogen) atoms. The lowest BCUT2D eigenvalue weighted by atomic mass is 10.2. The van der Waals surface area contributed by atoms with E-state index in [1.165, 1.54) is 17.0 Å². The summed E-state index contributed by atoms with van der Waals surface area (Å²) in [6.45, 7) is 5.91. The topological polar surface area (TPSA) is 108 Å². The number of nitrogens with one attached hydrogen (secondary N) is 1. The normalized spacial score (nSPS) is 11.0. The number of hydrogen-bond acceptors (Lipinski definition) is 7. The van der Waals surface area contributed by atoms with E-state index in [2.05, 4.69) is 15.3 Å². The fraction of sp³-hybridized carbons (Fsp3) is 0.357. The number of nitro groups is 1. The van der Waals surface area contributed by atoms with Crippen molar-refractivity contribution in [2.45, 2.75) is 20.8 Å². The first-order valence-corrected chi connectivity index (χ1v) is 7.65. The molecule has 128 valence electrons. The van der Waals surface area contributed by atoms with Crippen LogP contribution in [0.3, 0.4) is 0 Å². The summed E-state index contributed by atoms with van der Waals surface area (Å²) >= 11 is 5.06. The van der Waals surface area contributed by atoms with Gasteiger partial charge in [-0.15, -0.1) is 0 Å². The molecule has 0 saturated carbocycles. The number of aromatic amines is 1. The number of aromatic nitrogens is 3. The molecule has 1 aromatic carbocycles. The molecule has 0 amide bonds. The lowest BCUT2D eigenvalue weighted by Crippen LogP contribution is -2.03. The molecule has 9 nitrogen and oxygen atoms in total. The molecule has 2 aromatic rings. The Morgan fingerprint density at radius 3 is 2.67 bits per heavy atom. The van der Waals surface area contributed by atoms with E-state index in [0.29, 0.717) is 28.5 Å². The van der Waals surface area contributed by atoms with Crippen molar-refractivity contribution in [1.82, 2.24) is 14.9 Å². The van der Waals surface area contributed by atoms with E-state index < -0.39 is 4.92 Å². The first kappa shape index (κ1) is 17.6. The van der Waals surface area contributed by atoms with Crippen molar-refractivity contribution in [2.24, 2.45) is 5.10 Å². The second kappa shape index (κ2) is 7.68. The van der Waals surface area contributed by atoms with Gasteiger partial charge >= 0.3 is 5.69 Å². The average Bonchev–Trinajstić information content (AvgIpc) is 2.86. The predicted molar refractivity (Wildman–Crippen MR) is 90.6 cm³/mol. The van der Waals surface area contributed by atoms with Crippen LogP contribution in [0.25, 0.3) is 0 Å². The molecule has 1 aromatic heterocycles. The summed E-state index contributed by atoms with van der Waals surface area (Å²) < 4.78 is 12.6. The van der Waals surface area contributed by atoms with Gasteiger partial charge in [0.05, 0.1) is 24.4 Å². The van der Waals surface area contributed by atoms with Crippen molar-refractivity contribution in [1.29, 1.82) is 0 Å². The molecule has 0 radical (unpaired) electrons. The largest absolute Gasteiger partial charge is 0.490 e. The van der Waals surface area contributed by atoms with E-state index in [9.17, 15) is 10.1 Å². The monoisotopic (exact) mass is 351 g/mol. The van der Waals surface area contributed by atoms with Crippen molar-refractivity contribution in [3.8, 4) is 11.5 Å². The second-order valence-corrected chi connectivity index (χ2v) is 5.01. The SMILES string of the molecule is CCOc1cc(/C=N\n2c(C)n[nH]c2=S)cc([N+](=O)[O-])c1OCC. The first-order valence-electron chi connectivity index (χ1n) is 7.24. The van der Waals surface area contributed by atoms with Crippen LogP contribution < -0.4 is 9.47 Å². The Labute approximate surface area is 143 Å². The molecule has 2 rings (SSSR count). The van der Waals surface area contributed by atoms with Gasteiger partial charge in [0.15, 0.2) is 5.75 Å². The Kier molecular flexibility index (Phi) is 5.64. The van der Waals surface area contributed by atoms with Crippen molar-refractivity contribution >= 4 is 24.1 Å². The third-order valence-electron chi connectivity index (χ3n) is 2.98. The zero-order valence-electron chi connectivity index (χ0n) is 13.5. The molecule has 0 fully saturated rings. The van der Waals surface area contributed by atoms with Crippen LogP contribution in [0.4, 0.5) is 5.69 Å². The van der Waals surface area contributed by atoms with Crippen LogP contribution in [0.2, 0.25) is 0 Å². The van der Waals surface area contributed by atoms with Gasteiger partial charge in [0.1, 0.15) is 5.82 Å². The molecule has 0 unspecified atom stereocenters. The fourth-order valence-electron chi connectivity index (χ4n) is 2.00. The molecule has 0 saturated heterocycles. The molecular formula is C14H17N5O4S. The molecule has 0 aliphatic heterocycles. The Bertz CT molecular complexity index is 827. The third-order valence-corrected chi connectivity index (χ3v) is 3.24. The van der Waals surface area contributed by atoms with Crippen LogP contribution >= 0.6 is 12.2 Å². The average molecular weight is 351 g/mol. The number of nitro benzene ring substituents is 1. The number of ether oxygens (including phenoxy) is 2. The molecule has 0 bridgehead atoms. The van der Waals surface area contributed by atoms with Gasteiger partial charge in [-0.25, -0.2) is 0 Å². The van der Waals surface area contributed by atoms with Gasteiger partial charge in [0, 0.05) is 11.6 Å². The quantitative estimate of drug-likeness (QED) is 0.356. The van der Waals surface area contributed by atoms with Crippen LogP contribution in [0.15, 0.2) is 17.2 Å². The van der Waals surface area contributed by atoms with Crippen molar-refractivity contribution in [3.05, 3.63) is 38.4 Å². The highest BCUT2D eigenvalue weighted by atomic mass is 32.1. The molecule has 10 heteroatoms. The number of aryl methyl sites for hydroxylation is 1. The van der Waals surface area contributed by atoms with Crippen LogP contribution in [-0.4, -0.2) is 39.2 Å². The standard InChI is InChI=1S/C14H17N5O4S/c1-4-22-12-7-10(6-11(19(20)21)13(12)23-5-2)8-15-18-9(3)16-17-14(18)24/h6-8H,4-5H2,1-3H3,(H,17,24)/b15-8-. The molecule has 1 N–H and O–H groups in total. The van der Waals surface area contributed by atoms with E-state index in [1.807, 2.05) is 0 Å². The van der Waals surface area contributed by atoms with E-state index >= 15 is 0 Å². The van der Waals surface area contributed by atoms with Crippen molar-refractivity contribution < 1.29 is 14.4 Å². The Hall–Kier alpha value is -2.75. The Morgan fingerprint density at radius 2 is 2.12 bits per heavy atom. The summed E-state index contributed by atoms with van der Waals surface area (Å²) in [7, 11) is 0. The fourth-order valence-corrected chi connectivity index (χ4v) is 2.23. The summed E-state index contributed by atoms with van der Waals surface area (Å²) in [4.78, 5) is 10.8. The van der Waals surface area contributed by atoms with E-state index in [1.54, 1.807) is 26.8 Å². The third kappa shape index (κ3) is 3.77. The molecular weight excluding hydrogens is 334 g/mol. The van der Waals surface area contributed by atoms with E-state index in [0.717, 1.165) is 0 Å². The zero-order chi connectivity index (χ0) is 17.7. The highest BCUT2D eigenvalue weighted by Gasteiger charge is 2.22. The van der Waals surface area contributed by atoms with Crippen molar-refractivity contribution in [2.75, 3.05) is 13.2 Å². The van der Waals surface area contributed by atoms with Gasteiger partial charge in [-0.2, -0.15) is 14.9 Å². The molecule has 1 heterocycles. The van der Waals surface area contributed by atoms with Gasteiger partial charge in [-0.05, 0) is 39.1 Å². The van der Waals surface area contributed by atoms with Gasteiger partial charge in [0.2, 0.25) is 10.5 Å². The minimum absolute atomic E-state index is 0.109. The van der Waals surface area contributed by atoms with Gasteiger partial charge in [0.25, 0.3) is 0 Å². The van der Waals surface area contributed by atoms with Crippen molar-refractivity contribution in [3.63, 3.8) is 0 Å². The molecule has 0 aliphatic rings. The molecule has 0 aliphatic carbocycles. The Balaban J connectivity index is 2.50. The first-order chi connectivity index (χ1) is 11.5. The summed E-state index contributed by atoms with van der Waals surface area (Å²) in [6, 6.07) is 3.00. The maximum atomic E-state index is 11.3. The van der Waals surface area contributed by atoms with Crippen LogP contribution in [0.1, 0.15) is 25.2 Å². The minimum Gasteiger partial charge on any atom is -0.490 e. The summed E-state index contributed by atoms with van der Waals surface area (Å²) in [6.07, 6.45) is 1.45. The van der Waals surface area contributed by atoms with Crippen LogP contribution in [0.5, 0.6) is 11.5 Å². The summed E-state index contributed by atoms with van der Waals surface area (Å²) in [5.41, 5.74) is 0.299. The number of rotatable bonds is 7. The number of H-pyrrole nitrogens is 1. The lowest BCUT2D eigenvalue weighted by molar-refractivity contribution is -0.385. The van der Waals surface area contributed by atoms with Crippen LogP contribution in [0, 0.1) is 21.8 Å². The summed E-state index contributed by atoms with van der Waals surface area (Å²) in [5, 5.41) is 22.1. The Morgan fingerprint density at radius 1 is 1.42 bits per heavy atom. The highest BCUT2D eigenvalue weighted by molar-refractivity contribution is 7.71. The van der Waals surface area contributed by atoms with Gasteiger partial charge in [-0.3, -0.25) is 15.2 Å². The van der Waals surface area contributed by atoms with E-state index in [4.69, 9.17) is 21.7 Å². The molecule has 0 atom stereocenters. The lowest BCUT2D eigenvalue weighted by Gasteiger charge is -2.11. The molecule has 0 spiro atoms. The maximum Gasteiger partial charge on any atom is 0.315 e. The van der Waals surface area contributed by atoms with Gasteiger partial charge < -0.3 is 9.47 Å². The van der Waals surface area contributed by atoms with E-state index in [-0.39, 0.29) is 18.0 Å². The second-order valence-electron chi connectivity index (χ2n) is 4.62. The van der Waals surface area contributed by atoms with Crippen LogP contribution in [-0.2, 0) is 0 Å². The number of benzene rings is 1.